The molecule has 0 aliphatic heterocycles. The van der Waals surface area contributed by atoms with Gasteiger partial charge in [-0.1, -0.05) is 6.42 Å². The van der Waals surface area contributed by atoms with Crippen LogP contribution in [0.3, 0.4) is 0 Å². The second-order valence-electron chi connectivity index (χ2n) is 4.38. The first-order valence-electron chi connectivity index (χ1n) is 5.86. The third-order valence-corrected chi connectivity index (χ3v) is 3.29. The minimum atomic E-state index is -0.507. The summed E-state index contributed by atoms with van der Waals surface area (Å²) in [6, 6.07) is 1.78. The third-order valence-electron chi connectivity index (χ3n) is 3.29. The Morgan fingerprint density at radius 1 is 1.35 bits per heavy atom. The van der Waals surface area contributed by atoms with Crippen LogP contribution in [-0.2, 0) is 17.6 Å². The van der Waals surface area contributed by atoms with Gasteiger partial charge in [0.05, 0.1) is 12.8 Å². The molecule has 0 fully saturated rings. The normalized spacial score (nSPS) is 14.9. The predicted octanol–water partition coefficient (Wildman–Crippen LogP) is 2.03. The van der Waals surface area contributed by atoms with Crippen molar-refractivity contribution in [2.45, 2.75) is 32.1 Å². The number of fused-ring (bicyclic) bond motifs is 1. The van der Waals surface area contributed by atoms with Crippen molar-refractivity contribution in [2.75, 3.05) is 12.8 Å². The van der Waals surface area contributed by atoms with Crippen LogP contribution in [0.2, 0.25) is 0 Å². The van der Waals surface area contributed by atoms with Gasteiger partial charge in [0.15, 0.2) is 5.75 Å². The molecule has 0 aromatic heterocycles. The fraction of sp³-hybridized carbons (Fsp3) is 0.462. The van der Waals surface area contributed by atoms with Crippen molar-refractivity contribution >= 4 is 11.7 Å². The van der Waals surface area contributed by atoms with E-state index in [1.54, 1.807) is 6.07 Å². The molecule has 0 radical (unpaired) electrons. The standard InChI is InChI=1S/C13H17NO3/c1-17-13(16)11-9-6-4-2-3-5-8(9)7-10(14)12(11)15/h7,15H,2-6,14H2,1H3. The number of methoxy groups -OCH3 is 1. The summed E-state index contributed by atoms with van der Waals surface area (Å²) in [6.07, 6.45) is 4.96. The van der Waals surface area contributed by atoms with Crippen LogP contribution in [0.25, 0.3) is 0 Å². The van der Waals surface area contributed by atoms with Crippen molar-refractivity contribution in [3.63, 3.8) is 0 Å². The summed E-state index contributed by atoms with van der Waals surface area (Å²) in [5.41, 5.74) is 8.21. The lowest BCUT2D eigenvalue weighted by atomic mass is 9.95. The van der Waals surface area contributed by atoms with Gasteiger partial charge in [-0.05, 0) is 42.9 Å². The molecule has 17 heavy (non-hydrogen) atoms. The molecule has 0 heterocycles. The van der Waals surface area contributed by atoms with Crippen LogP contribution in [0.4, 0.5) is 5.69 Å². The van der Waals surface area contributed by atoms with Crippen molar-refractivity contribution < 1.29 is 14.6 Å². The van der Waals surface area contributed by atoms with Crippen LogP contribution >= 0.6 is 0 Å². The average molecular weight is 235 g/mol. The van der Waals surface area contributed by atoms with Crippen LogP contribution in [0.5, 0.6) is 5.75 Å². The lowest BCUT2D eigenvalue weighted by Crippen LogP contribution is -2.10. The zero-order chi connectivity index (χ0) is 12.4. The van der Waals surface area contributed by atoms with Gasteiger partial charge in [-0.15, -0.1) is 0 Å². The maximum Gasteiger partial charge on any atom is 0.342 e. The van der Waals surface area contributed by atoms with Crippen LogP contribution in [0.15, 0.2) is 6.07 Å². The molecule has 2 rings (SSSR count). The largest absolute Gasteiger partial charge is 0.505 e. The first-order chi connectivity index (χ1) is 8.15. The number of aromatic hydroxyl groups is 1. The molecule has 0 atom stereocenters. The van der Waals surface area contributed by atoms with Gasteiger partial charge in [0.1, 0.15) is 5.56 Å². The van der Waals surface area contributed by atoms with Crippen molar-refractivity contribution in [1.82, 2.24) is 0 Å². The van der Waals surface area contributed by atoms with Crippen molar-refractivity contribution in [2.24, 2.45) is 0 Å². The maximum absolute atomic E-state index is 11.7. The van der Waals surface area contributed by atoms with Gasteiger partial charge in [-0.2, -0.15) is 0 Å². The van der Waals surface area contributed by atoms with Gasteiger partial charge in [-0.3, -0.25) is 0 Å². The quantitative estimate of drug-likeness (QED) is 0.338. The summed E-state index contributed by atoms with van der Waals surface area (Å²) in [5.74, 6) is -0.648. The molecule has 1 aliphatic carbocycles. The summed E-state index contributed by atoms with van der Waals surface area (Å²) >= 11 is 0. The highest BCUT2D eigenvalue weighted by atomic mass is 16.5. The number of carbonyl (C=O) groups is 1. The number of nitrogen functional groups attached to an aromatic ring is 1. The molecule has 0 amide bonds. The Hall–Kier alpha value is -1.71. The number of ether oxygens (including phenoxy) is 1. The number of phenols is 1. The van der Waals surface area contributed by atoms with Crippen LogP contribution in [0, 0.1) is 0 Å². The van der Waals surface area contributed by atoms with Gasteiger partial charge in [0.25, 0.3) is 0 Å². The molecule has 92 valence electrons. The number of benzene rings is 1. The number of esters is 1. The fourth-order valence-electron chi connectivity index (χ4n) is 2.42. The van der Waals surface area contributed by atoms with E-state index >= 15 is 0 Å². The van der Waals surface area contributed by atoms with E-state index in [-0.39, 0.29) is 17.0 Å². The van der Waals surface area contributed by atoms with E-state index in [1.807, 2.05) is 0 Å². The monoisotopic (exact) mass is 235 g/mol. The minimum Gasteiger partial charge on any atom is -0.505 e. The van der Waals surface area contributed by atoms with E-state index in [2.05, 4.69) is 0 Å². The number of phenolic OH excluding ortho intramolecular Hbond substituents is 1. The summed E-state index contributed by atoms with van der Waals surface area (Å²) in [7, 11) is 1.31. The lowest BCUT2D eigenvalue weighted by molar-refractivity contribution is 0.0596. The zero-order valence-electron chi connectivity index (χ0n) is 9.95. The molecule has 0 saturated heterocycles. The van der Waals surface area contributed by atoms with Crippen LogP contribution in [0.1, 0.15) is 40.7 Å². The summed E-state index contributed by atoms with van der Waals surface area (Å²) in [5, 5.41) is 9.92. The highest BCUT2D eigenvalue weighted by Crippen LogP contribution is 2.35. The van der Waals surface area contributed by atoms with Crippen molar-refractivity contribution in [3.05, 3.63) is 22.8 Å². The Morgan fingerprint density at radius 3 is 2.76 bits per heavy atom. The first-order valence-corrected chi connectivity index (χ1v) is 5.86. The highest BCUT2D eigenvalue weighted by molar-refractivity contribution is 5.96. The smallest absolute Gasteiger partial charge is 0.342 e. The van der Waals surface area contributed by atoms with E-state index in [4.69, 9.17) is 10.5 Å². The molecule has 1 aromatic carbocycles. The molecular formula is C13H17NO3. The Bertz CT molecular complexity index is 454. The van der Waals surface area contributed by atoms with E-state index < -0.39 is 5.97 Å². The van der Waals surface area contributed by atoms with E-state index in [0.29, 0.717) is 0 Å². The third kappa shape index (κ3) is 2.07. The lowest BCUT2D eigenvalue weighted by Gasteiger charge is -2.14. The SMILES string of the molecule is COC(=O)c1c(O)c(N)cc2c1CCCCC2. The molecular weight excluding hydrogens is 218 g/mol. The number of rotatable bonds is 1. The maximum atomic E-state index is 11.7. The Morgan fingerprint density at radius 2 is 2.06 bits per heavy atom. The van der Waals surface area contributed by atoms with Gasteiger partial charge in [0, 0.05) is 0 Å². The molecule has 0 bridgehead atoms. The summed E-state index contributed by atoms with van der Waals surface area (Å²) in [4.78, 5) is 11.7. The van der Waals surface area contributed by atoms with E-state index in [1.165, 1.54) is 7.11 Å². The Balaban J connectivity index is 2.61. The van der Waals surface area contributed by atoms with Crippen LogP contribution in [-0.4, -0.2) is 18.2 Å². The number of hydrogen-bond acceptors (Lipinski definition) is 4. The van der Waals surface area contributed by atoms with Gasteiger partial charge < -0.3 is 15.6 Å². The molecule has 0 unspecified atom stereocenters. The minimum absolute atomic E-state index is 0.141. The molecule has 0 saturated carbocycles. The first kappa shape index (κ1) is 11.8. The molecule has 4 heteroatoms. The predicted molar refractivity (Wildman–Crippen MR) is 65.1 cm³/mol. The molecule has 1 aromatic rings. The van der Waals surface area contributed by atoms with Gasteiger partial charge in [0.2, 0.25) is 0 Å². The Labute approximate surface area is 100 Å². The molecule has 1 aliphatic rings. The van der Waals surface area contributed by atoms with Gasteiger partial charge in [-0.25, -0.2) is 4.79 Å². The van der Waals surface area contributed by atoms with E-state index in [0.717, 1.165) is 43.2 Å². The second kappa shape index (κ2) is 4.65. The molecule has 4 nitrogen and oxygen atoms in total. The number of hydrogen-bond donors (Lipinski definition) is 2. The zero-order valence-corrected chi connectivity index (χ0v) is 9.95. The van der Waals surface area contributed by atoms with Crippen molar-refractivity contribution in [1.29, 1.82) is 0 Å². The topological polar surface area (TPSA) is 72.5 Å². The van der Waals surface area contributed by atoms with Crippen molar-refractivity contribution in [3.8, 4) is 5.75 Å². The number of carbonyl (C=O) groups excluding carboxylic acids is 1. The molecule has 3 N–H and O–H groups in total. The number of aryl methyl sites for hydroxylation is 1. The fourth-order valence-corrected chi connectivity index (χ4v) is 2.42. The van der Waals surface area contributed by atoms with Gasteiger partial charge >= 0.3 is 5.97 Å². The summed E-state index contributed by atoms with van der Waals surface area (Å²) in [6.45, 7) is 0. The summed E-state index contributed by atoms with van der Waals surface area (Å²) < 4.78 is 4.72. The van der Waals surface area contributed by atoms with Crippen LogP contribution < -0.4 is 5.73 Å². The second-order valence-corrected chi connectivity index (χ2v) is 4.38. The van der Waals surface area contributed by atoms with E-state index in [9.17, 15) is 9.90 Å². The Kier molecular flexibility index (Phi) is 3.22. The highest BCUT2D eigenvalue weighted by Gasteiger charge is 2.23. The number of anilines is 1. The molecule has 0 spiro atoms. The average Bonchev–Trinajstić information content (AvgIpc) is 2.55. The number of nitrogens with two attached hydrogens (primary N) is 1.